The minimum atomic E-state index is -0.967. The van der Waals surface area contributed by atoms with Crippen molar-refractivity contribution in [1.82, 2.24) is 5.32 Å². The van der Waals surface area contributed by atoms with Gasteiger partial charge >= 0.3 is 12.0 Å². The number of nitrogens with one attached hydrogen (secondary N) is 1. The Morgan fingerprint density at radius 2 is 1.95 bits per heavy atom. The normalized spacial score (nSPS) is 12.8. The number of carboxylic acids is 1. The number of benzene rings is 1. The number of hydrogen-bond acceptors (Lipinski definition) is 3. The predicted molar refractivity (Wildman–Crippen MR) is 78.8 cm³/mol. The first-order chi connectivity index (χ1) is 9.97. The smallest absolute Gasteiger partial charge is 0.322 e. The first-order valence-electron chi connectivity index (χ1n) is 6.70. The van der Waals surface area contributed by atoms with E-state index in [0.29, 0.717) is 5.69 Å². The molecule has 6 nitrogen and oxygen atoms in total. The molecular formula is C15H19N3O3. The Bertz CT molecular complexity index is 525. The molecule has 0 aliphatic heterocycles. The van der Waals surface area contributed by atoms with E-state index in [1.165, 1.54) is 11.8 Å². The molecule has 21 heavy (non-hydrogen) atoms. The topological polar surface area (TPSA) is 93.4 Å². The highest BCUT2D eigenvalue weighted by Gasteiger charge is 2.23. The van der Waals surface area contributed by atoms with E-state index < -0.39 is 24.0 Å². The number of para-hydroxylation sites is 1. The third kappa shape index (κ3) is 4.80. The summed E-state index contributed by atoms with van der Waals surface area (Å²) < 4.78 is 0. The number of anilines is 1. The second-order valence-electron chi connectivity index (χ2n) is 4.76. The second kappa shape index (κ2) is 7.90. The Labute approximate surface area is 124 Å². The summed E-state index contributed by atoms with van der Waals surface area (Å²) in [5, 5.41) is 20.3. The molecule has 0 heterocycles. The van der Waals surface area contributed by atoms with E-state index in [1.807, 2.05) is 12.1 Å². The maximum absolute atomic E-state index is 12.3. The van der Waals surface area contributed by atoms with Crippen molar-refractivity contribution in [2.24, 2.45) is 5.92 Å². The Hall–Kier alpha value is -2.55. The molecule has 112 valence electrons. The van der Waals surface area contributed by atoms with Gasteiger partial charge in [-0.25, -0.2) is 4.79 Å². The quantitative estimate of drug-likeness (QED) is 0.839. The number of carbonyl (C=O) groups excluding carboxylic acids is 1. The molecule has 1 rings (SSSR count). The molecule has 0 fully saturated rings. The molecule has 0 aliphatic carbocycles. The lowest BCUT2D eigenvalue weighted by Gasteiger charge is -2.26. The highest BCUT2D eigenvalue weighted by Crippen LogP contribution is 2.14. The van der Waals surface area contributed by atoms with E-state index >= 15 is 0 Å². The zero-order valence-corrected chi connectivity index (χ0v) is 12.1. The lowest BCUT2D eigenvalue weighted by Crippen LogP contribution is -2.47. The number of amides is 2. The van der Waals surface area contributed by atoms with Crippen LogP contribution < -0.4 is 10.2 Å². The largest absolute Gasteiger partial charge is 0.481 e. The zero-order chi connectivity index (χ0) is 15.8. The number of hydrogen-bond donors (Lipinski definition) is 2. The fraction of sp³-hybridized carbons (Fsp3) is 0.400. The Kier molecular flexibility index (Phi) is 6.21. The first kappa shape index (κ1) is 16.5. The second-order valence-corrected chi connectivity index (χ2v) is 4.76. The molecule has 1 aromatic carbocycles. The van der Waals surface area contributed by atoms with Crippen molar-refractivity contribution in [3.63, 3.8) is 0 Å². The van der Waals surface area contributed by atoms with Crippen LogP contribution in [0.15, 0.2) is 30.3 Å². The SMILES string of the molecule is CC(NC(=O)N(CCC#N)c1ccccc1)C(C)C(=O)O. The molecule has 2 amide bonds. The van der Waals surface area contributed by atoms with E-state index in [2.05, 4.69) is 5.32 Å². The highest BCUT2D eigenvalue weighted by atomic mass is 16.4. The van der Waals surface area contributed by atoms with Gasteiger partial charge in [0.25, 0.3) is 0 Å². The summed E-state index contributed by atoms with van der Waals surface area (Å²) in [7, 11) is 0. The highest BCUT2D eigenvalue weighted by molar-refractivity contribution is 5.92. The predicted octanol–water partition coefficient (Wildman–Crippen LogP) is 2.23. The molecule has 6 heteroatoms. The number of nitriles is 1. The van der Waals surface area contributed by atoms with Crippen molar-refractivity contribution in [3.05, 3.63) is 30.3 Å². The van der Waals surface area contributed by atoms with Gasteiger partial charge in [-0.3, -0.25) is 9.69 Å². The summed E-state index contributed by atoms with van der Waals surface area (Å²) in [5.74, 6) is -1.66. The van der Waals surface area contributed by atoms with Crippen LogP contribution in [0.5, 0.6) is 0 Å². The van der Waals surface area contributed by atoms with Crippen LogP contribution in [0.2, 0.25) is 0 Å². The number of nitrogens with zero attached hydrogens (tertiary/aromatic N) is 2. The molecule has 0 aromatic heterocycles. The van der Waals surface area contributed by atoms with Crippen molar-refractivity contribution < 1.29 is 14.7 Å². The van der Waals surface area contributed by atoms with E-state index in [-0.39, 0.29) is 13.0 Å². The molecule has 2 unspecified atom stereocenters. The zero-order valence-electron chi connectivity index (χ0n) is 12.1. The third-order valence-electron chi connectivity index (χ3n) is 3.25. The standard InChI is InChI=1S/C15H19N3O3/c1-11(14(19)20)12(2)17-15(21)18(10-6-9-16)13-7-4-3-5-8-13/h3-5,7-8,11-12H,6,10H2,1-2H3,(H,17,21)(H,19,20). The van der Waals surface area contributed by atoms with E-state index in [1.54, 1.807) is 31.2 Å². The summed E-state index contributed by atoms with van der Waals surface area (Å²) >= 11 is 0. The van der Waals surface area contributed by atoms with Crippen LogP contribution in [0.1, 0.15) is 20.3 Å². The summed E-state index contributed by atoms with van der Waals surface area (Å²) in [5.41, 5.74) is 0.667. The molecule has 2 N–H and O–H groups in total. The monoisotopic (exact) mass is 289 g/mol. The Morgan fingerprint density at radius 1 is 1.33 bits per heavy atom. The van der Waals surface area contributed by atoms with E-state index in [9.17, 15) is 9.59 Å². The first-order valence-corrected chi connectivity index (χ1v) is 6.70. The van der Waals surface area contributed by atoms with Crippen LogP contribution in [0.4, 0.5) is 10.5 Å². The number of aliphatic carboxylic acids is 1. The maximum atomic E-state index is 12.3. The number of carbonyl (C=O) groups is 2. The van der Waals surface area contributed by atoms with Crippen molar-refractivity contribution >= 4 is 17.7 Å². The van der Waals surface area contributed by atoms with Crippen molar-refractivity contribution in [2.45, 2.75) is 26.3 Å². The lowest BCUT2D eigenvalue weighted by molar-refractivity contribution is -0.141. The van der Waals surface area contributed by atoms with Gasteiger partial charge in [0, 0.05) is 18.3 Å². The summed E-state index contributed by atoms with van der Waals surface area (Å²) in [6, 6.07) is 10.0. The van der Waals surface area contributed by atoms with Crippen LogP contribution >= 0.6 is 0 Å². The van der Waals surface area contributed by atoms with Gasteiger partial charge in [0.15, 0.2) is 0 Å². The van der Waals surface area contributed by atoms with Crippen LogP contribution in [0.25, 0.3) is 0 Å². The van der Waals surface area contributed by atoms with Gasteiger partial charge in [-0.1, -0.05) is 18.2 Å². The van der Waals surface area contributed by atoms with Gasteiger partial charge in [0.05, 0.1) is 18.4 Å². The van der Waals surface area contributed by atoms with Gasteiger partial charge in [-0.05, 0) is 26.0 Å². The number of rotatable bonds is 6. The van der Waals surface area contributed by atoms with Crippen LogP contribution in [0.3, 0.4) is 0 Å². The third-order valence-corrected chi connectivity index (χ3v) is 3.25. The van der Waals surface area contributed by atoms with Gasteiger partial charge in [-0.15, -0.1) is 0 Å². The van der Waals surface area contributed by atoms with Crippen LogP contribution in [0, 0.1) is 17.2 Å². The van der Waals surface area contributed by atoms with E-state index in [0.717, 1.165) is 0 Å². The van der Waals surface area contributed by atoms with Crippen molar-refractivity contribution in [1.29, 1.82) is 5.26 Å². The fourth-order valence-electron chi connectivity index (χ4n) is 1.73. The van der Waals surface area contributed by atoms with Crippen LogP contribution in [-0.2, 0) is 4.79 Å². The molecule has 0 radical (unpaired) electrons. The van der Waals surface area contributed by atoms with Gasteiger partial charge in [0.2, 0.25) is 0 Å². The maximum Gasteiger partial charge on any atom is 0.322 e. The lowest BCUT2D eigenvalue weighted by atomic mass is 10.0. The number of urea groups is 1. The molecule has 0 bridgehead atoms. The molecule has 1 aromatic rings. The molecular weight excluding hydrogens is 270 g/mol. The van der Waals surface area contributed by atoms with Crippen LogP contribution in [-0.4, -0.2) is 29.7 Å². The Balaban J connectivity index is 2.82. The van der Waals surface area contributed by atoms with E-state index in [4.69, 9.17) is 10.4 Å². The van der Waals surface area contributed by atoms with Gasteiger partial charge in [-0.2, -0.15) is 5.26 Å². The van der Waals surface area contributed by atoms with Gasteiger partial charge < -0.3 is 10.4 Å². The van der Waals surface area contributed by atoms with Gasteiger partial charge in [0.1, 0.15) is 0 Å². The average molecular weight is 289 g/mol. The molecule has 0 aliphatic rings. The molecule has 0 spiro atoms. The number of carboxylic acid groups (broad SMARTS) is 1. The summed E-state index contributed by atoms with van der Waals surface area (Å²) in [4.78, 5) is 24.7. The molecule has 0 saturated heterocycles. The summed E-state index contributed by atoms with van der Waals surface area (Å²) in [6.45, 7) is 3.43. The summed E-state index contributed by atoms with van der Waals surface area (Å²) in [6.07, 6.45) is 0.200. The average Bonchev–Trinajstić information content (AvgIpc) is 2.47. The molecule has 2 atom stereocenters. The molecule has 0 saturated carbocycles. The Morgan fingerprint density at radius 3 is 2.48 bits per heavy atom. The van der Waals surface area contributed by atoms with Crippen molar-refractivity contribution in [2.75, 3.05) is 11.4 Å². The van der Waals surface area contributed by atoms with Crippen molar-refractivity contribution in [3.8, 4) is 6.07 Å². The minimum Gasteiger partial charge on any atom is -0.481 e. The minimum absolute atomic E-state index is 0.200. The fourth-order valence-corrected chi connectivity index (χ4v) is 1.73.